The standard InChI is InChI=1S/C12H25NO2/c1-3-13-9-12(2,14)10-15-8-11-6-4-5-7-11/h11,13-14H,3-10H2,1-2H3. The van der Waals surface area contributed by atoms with Crippen LogP contribution in [0.15, 0.2) is 0 Å². The van der Waals surface area contributed by atoms with Crippen LogP contribution in [0.5, 0.6) is 0 Å². The van der Waals surface area contributed by atoms with Crippen LogP contribution in [-0.2, 0) is 4.74 Å². The molecule has 0 saturated heterocycles. The molecule has 1 aliphatic rings. The van der Waals surface area contributed by atoms with Gasteiger partial charge in [0.2, 0.25) is 0 Å². The molecule has 0 radical (unpaired) electrons. The predicted octanol–water partition coefficient (Wildman–Crippen LogP) is 1.55. The zero-order valence-electron chi connectivity index (χ0n) is 10.1. The van der Waals surface area contributed by atoms with Crippen molar-refractivity contribution in [2.24, 2.45) is 5.92 Å². The van der Waals surface area contributed by atoms with E-state index in [1.165, 1.54) is 25.7 Å². The van der Waals surface area contributed by atoms with Gasteiger partial charge in [0, 0.05) is 13.2 Å². The first-order valence-corrected chi connectivity index (χ1v) is 6.15. The molecule has 15 heavy (non-hydrogen) atoms. The Hall–Kier alpha value is -0.120. The Morgan fingerprint density at radius 1 is 1.40 bits per heavy atom. The second kappa shape index (κ2) is 6.46. The highest BCUT2D eigenvalue weighted by Gasteiger charge is 2.21. The monoisotopic (exact) mass is 215 g/mol. The van der Waals surface area contributed by atoms with Crippen LogP contribution in [0.4, 0.5) is 0 Å². The highest BCUT2D eigenvalue weighted by molar-refractivity contribution is 4.75. The third-order valence-corrected chi connectivity index (χ3v) is 3.00. The van der Waals surface area contributed by atoms with E-state index in [9.17, 15) is 5.11 Å². The molecule has 1 aliphatic carbocycles. The maximum atomic E-state index is 9.93. The molecule has 0 heterocycles. The average molecular weight is 215 g/mol. The van der Waals surface area contributed by atoms with Crippen LogP contribution in [0.1, 0.15) is 39.5 Å². The maximum Gasteiger partial charge on any atom is 0.0975 e. The number of rotatable bonds is 7. The van der Waals surface area contributed by atoms with Crippen LogP contribution in [0.25, 0.3) is 0 Å². The first-order chi connectivity index (χ1) is 7.14. The van der Waals surface area contributed by atoms with Crippen LogP contribution in [0.3, 0.4) is 0 Å². The molecule has 90 valence electrons. The molecule has 1 unspecified atom stereocenters. The second-order valence-corrected chi connectivity index (χ2v) is 4.94. The molecule has 1 saturated carbocycles. The van der Waals surface area contributed by atoms with E-state index in [1.807, 2.05) is 13.8 Å². The first-order valence-electron chi connectivity index (χ1n) is 6.15. The van der Waals surface area contributed by atoms with Gasteiger partial charge in [-0.1, -0.05) is 19.8 Å². The Kier molecular flexibility index (Phi) is 5.58. The minimum atomic E-state index is -0.728. The molecule has 0 spiro atoms. The summed E-state index contributed by atoms with van der Waals surface area (Å²) in [5, 5.41) is 13.1. The quantitative estimate of drug-likeness (QED) is 0.677. The number of hydrogen-bond acceptors (Lipinski definition) is 3. The van der Waals surface area contributed by atoms with Gasteiger partial charge in [-0.05, 0) is 32.2 Å². The summed E-state index contributed by atoms with van der Waals surface area (Å²) >= 11 is 0. The van der Waals surface area contributed by atoms with Gasteiger partial charge in [0.25, 0.3) is 0 Å². The van der Waals surface area contributed by atoms with Crippen molar-refractivity contribution in [3.8, 4) is 0 Å². The normalized spacial score (nSPS) is 21.8. The van der Waals surface area contributed by atoms with E-state index in [0.717, 1.165) is 19.1 Å². The molecule has 0 aliphatic heterocycles. The fourth-order valence-corrected chi connectivity index (χ4v) is 2.07. The SMILES string of the molecule is CCNCC(C)(O)COCC1CCCC1. The zero-order valence-corrected chi connectivity index (χ0v) is 10.1. The smallest absolute Gasteiger partial charge is 0.0975 e. The predicted molar refractivity (Wildman–Crippen MR) is 61.9 cm³/mol. The van der Waals surface area contributed by atoms with Gasteiger partial charge in [0.15, 0.2) is 0 Å². The Morgan fingerprint density at radius 2 is 2.07 bits per heavy atom. The van der Waals surface area contributed by atoms with E-state index in [0.29, 0.717) is 13.2 Å². The summed E-state index contributed by atoms with van der Waals surface area (Å²) in [6.45, 7) is 6.62. The second-order valence-electron chi connectivity index (χ2n) is 4.94. The molecule has 1 rings (SSSR count). The fraction of sp³-hybridized carbons (Fsp3) is 1.00. The van der Waals surface area contributed by atoms with Gasteiger partial charge in [0.05, 0.1) is 12.2 Å². The highest BCUT2D eigenvalue weighted by atomic mass is 16.5. The highest BCUT2D eigenvalue weighted by Crippen LogP contribution is 2.24. The van der Waals surface area contributed by atoms with E-state index >= 15 is 0 Å². The minimum absolute atomic E-state index is 0.441. The molecule has 0 aromatic carbocycles. The molecule has 0 aromatic rings. The zero-order chi connectivity index (χ0) is 11.1. The van der Waals surface area contributed by atoms with Gasteiger partial charge in [-0.15, -0.1) is 0 Å². The lowest BCUT2D eigenvalue weighted by molar-refractivity contribution is -0.0402. The van der Waals surface area contributed by atoms with Crippen molar-refractivity contribution in [1.82, 2.24) is 5.32 Å². The minimum Gasteiger partial charge on any atom is -0.386 e. The number of ether oxygens (including phenoxy) is 1. The summed E-state index contributed by atoms with van der Waals surface area (Å²) in [4.78, 5) is 0. The van der Waals surface area contributed by atoms with E-state index in [4.69, 9.17) is 4.74 Å². The molecule has 3 heteroatoms. The van der Waals surface area contributed by atoms with E-state index in [1.54, 1.807) is 0 Å². The molecule has 0 bridgehead atoms. The van der Waals surface area contributed by atoms with Crippen LogP contribution >= 0.6 is 0 Å². The van der Waals surface area contributed by atoms with Gasteiger partial charge in [-0.3, -0.25) is 0 Å². The van der Waals surface area contributed by atoms with Gasteiger partial charge >= 0.3 is 0 Å². The molecular weight excluding hydrogens is 190 g/mol. The number of likely N-dealkylation sites (N-methyl/N-ethyl adjacent to an activating group) is 1. The van der Waals surface area contributed by atoms with Crippen LogP contribution in [0, 0.1) is 5.92 Å². The van der Waals surface area contributed by atoms with E-state index in [2.05, 4.69) is 5.32 Å². The maximum absolute atomic E-state index is 9.93. The largest absolute Gasteiger partial charge is 0.386 e. The van der Waals surface area contributed by atoms with Crippen molar-refractivity contribution in [3.05, 3.63) is 0 Å². The van der Waals surface area contributed by atoms with Crippen molar-refractivity contribution in [3.63, 3.8) is 0 Å². The molecule has 1 fully saturated rings. The third-order valence-electron chi connectivity index (χ3n) is 3.00. The van der Waals surface area contributed by atoms with Crippen molar-refractivity contribution in [2.75, 3.05) is 26.3 Å². The van der Waals surface area contributed by atoms with Crippen LogP contribution in [0.2, 0.25) is 0 Å². The lowest BCUT2D eigenvalue weighted by atomic mass is 10.1. The average Bonchev–Trinajstić information content (AvgIpc) is 2.67. The molecular formula is C12H25NO2. The summed E-state index contributed by atoms with van der Waals surface area (Å²) in [6, 6.07) is 0. The molecule has 0 amide bonds. The van der Waals surface area contributed by atoms with Crippen molar-refractivity contribution < 1.29 is 9.84 Å². The Morgan fingerprint density at radius 3 is 2.67 bits per heavy atom. The number of hydrogen-bond donors (Lipinski definition) is 2. The summed E-state index contributed by atoms with van der Waals surface area (Å²) in [5.41, 5.74) is -0.728. The van der Waals surface area contributed by atoms with Gasteiger partial charge in [0.1, 0.15) is 0 Å². The van der Waals surface area contributed by atoms with Crippen molar-refractivity contribution >= 4 is 0 Å². The van der Waals surface area contributed by atoms with Crippen molar-refractivity contribution in [2.45, 2.75) is 45.1 Å². The first kappa shape index (κ1) is 12.9. The summed E-state index contributed by atoms with van der Waals surface area (Å²) in [5.74, 6) is 0.736. The Bertz CT molecular complexity index is 165. The fourth-order valence-electron chi connectivity index (χ4n) is 2.07. The number of aliphatic hydroxyl groups is 1. The van der Waals surface area contributed by atoms with Gasteiger partial charge < -0.3 is 15.2 Å². The van der Waals surface area contributed by atoms with Gasteiger partial charge in [-0.2, -0.15) is 0 Å². The lowest BCUT2D eigenvalue weighted by Gasteiger charge is -2.24. The molecule has 2 N–H and O–H groups in total. The Labute approximate surface area is 93.2 Å². The third kappa shape index (κ3) is 5.50. The van der Waals surface area contributed by atoms with Crippen molar-refractivity contribution in [1.29, 1.82) is 0 Å². The lowest BCUT2D eigenvalue weighted by Crippen LogP contribution is -2.42. The molecule has 0 aromatic heterocycles. The summed E-state index contributed by atoms with van der Waals surface area (Å²) in [7, 11) is 0. The molecule has 3 nitrogen and oxygen atoms in total. The Balaban J connectivity index is 2.06. The van der Waals surface area contributed by atoms with E-state index < -0.39 is 5.60 Å². The molecule has 1 atom stereocenters. The van der Waals surface area contributed by atoms with Crippen LogP contribution in [-0.4, -0.2) is 37.0 Å². The van der Waals surface area contributed by atoms with E-state index in [-0.39, 0.29) is 0 Å². The van der Waals surface area contributed by atoms with Crippen LogP contribution < -0.4 is 5.32 Å². The van der Waals surface area contributed by atoms with Gasteiger partial charge in [-0.25, -0.2) is 0 Å². The summed E-state index contributed by atoms with van der Waals surface area (Å²) in [6.07, 6.45) is 5.30. The summed E-state index contributed by atoms with van der Waals surface area (Å²) < 4.78 is 5.59. The number of nitrogens with one attached hydrogen (secondary N) is 1. The topological polar surface area (TPSA) is 41.5 Å².